The second-order valence-electron chi connectivity index (χ2n) is 19.5. The van der Waals surface area contributed by atoms with Crippen LogP contribution in [-0.2, 0) is 41.1 Å². The number of para-hydroxylation sites is 1. The highest BCUT2D eigenvalue weighted by molar-refractivity contribution is 5.94. The molecule has 1 amide bonds. The Bertz CT molecular complexity index is 2370. The summed E-state index contributed by atoms with van der Waals surface area (Å²) >= 11 is 0. The van der Waals surface area contributed by atoms with Crippen LogP contribution in [0.5, 0.6) is 5.75 Å². The van der Waals surface area contributed by atoms with E-state index in [0.29, 0.717) is 37.1 Å². The summed E-state index contributed by atoms with van der Waals surface area (Å²) in [5.41, 5.74) is 2.03. The second kappa shape index (κ2) is 16.0. The summed E-state index contributed by atoms with van der Waals surface area (Å²) < 4.78 is 24.4. The van der Waals surface area contributed by atoms with Crippen molar-refractivity contribution in [3.63, 3.8) is 0 Å². The van der Waals surface area contributed by atoms with E-state index in [1.165, 1.54) is 19.6 Å². The number of methoxy groups -OCH3 is 2. The van der Waals surface area contributed by atoms with Crippen LogP contribution in [0.15, 0.2) is 60.2 Å². The minimum absolute atomic E-state index is 0.0284. The molecule has 0 radical (unpaired) electrons. The molecule has 1 aliphatic carbocycles. The number of likely N-dealkylation sites (N-methyl/N-ethyl adjacent to an activating group) is 1. The lowest BCUT2D eigenvalue weighted by atomic mass is 9.47. The molecule has 6 heterocycles. The van der Waals surface area contributed by atoms with Gasteiger partial charge in [0, 0.05) is 90.9 Å². The molecule has 13 nitrogen and oxygen atoms in total. The summed E-state index contributed by atoms with van der Waals surface area (Å²) in [7, 11) is 5.11. The average Bonchev–Trinajstić information content (AvgIpc) is 3.94. The summed E-state index contributed by atoms with van der Waals surface area (Å²) in [6.07, 6.45) is 8.33. The SMILES string of the molecule is CCC1=C[C@@H]2CN(CCc3c([nH]c4ccccc34)[C@@](C(=O)OC)(c3cc4c(cc3OC)N(C)[C@H]3C(O)(CNC(=O)OCC(C)C)[C@H](OC(C)=O)[C@]5(CC)C=CCN6CC[C@]43[C@@H]65)C2)C1. The molecule has 2 bridgehead atoms. The number of esters is 2. The monoisotopic (exact) mass is 863 g/mol. The van der Waals surface area contributed by atoms with Crippen molar-refractivity contribution >= 4 is 34.6 Å². The van der Waals surface area contributed by atoms with Gasteiger partial charge in [-0.25, -0.2) is 4.79 Å². The molecule has 63 heavy (non-hydrogen) atoms. The van der Waals surface area contributed by atoms with Gasteiger partial charge in [-0.3, -0.25) is 19.4 Å². The van der Waals surface area contributed by atoms with E-state index >= 15 is 4.79 Å². The fraction of sp³-hybridized carbons (Fsp3) is 0.580. The standard InChI is InChI=1S/C50H65N5O8/c1-9-32-22-33-25-49(45(57)61-8,41-35(16-20-54(26-32)27-33)34-14-11-12-15-38(34)52-41)37-23-36-39(24-40(37)60-7)53(6)43-48(36)18-21-55-19-13-17-47(10-2,42(48)55)44(63-31(5)56)50(43,59)29-51-46(58)62-28-30(3)4/h11-15,17,22-24,30,33,42-44,52,59H,9-10,16,18-21,25-29H2,1-8H3,(H,51,58)/t33-,42-,43+,44+,47+,48+,49-,50?/m0/s1. The molecule has 9 atom stereocenters. The van der Waals surface area contributed by atoms with Crippen molar-refractivity contribution in [1.29, 1.82) is 0 Å². The predicted molar refractivity (Wildman–Crippen MR) is 241 cm³/mol. The lowest BCUT2D eigenvalue weighted by Gasteiger charge is -2.64. The van der Waals surface area contributed by atoms with Crippen LogP contribution in [0.1, 0.15) is 82.7 Å². The number of hydrogen-bond donors (Lipinski definition) is 3. The van der Waals surface area contributed by atoms with Crippen LogP contribution in [0.3, 0.4) is 0 Å². The van der Waals surface area contributed by atoms with Gasteiger partial charge in [-0.2, -0.15) is 0 Å². The van der Waals surface area contributed by atoms with E-state index < -0.39 is 46.1 Å². The molecule has 3 N–H and O–H groups in total. The van der Waals surface area contributed by atoms with Crippen LogP contribution in [0, 0.1) is 17.3 Å². The Balaban J connectivity index is 1.32. The molecule has 3 aromatic rings. The lowest BCUT2D eigenvalue weighted by molar-refractivity contribution is -0.217. The maximum absolute atomic E-state index is 15.4. The van der Waals surface area contributed by atoms with Crippen molar-refractivity contribution in [2.75, 3.05) is 72.0 Å². The molecular formula is C50H65N5O8. The zero-order valence-corrected chi connectivity index (χ0v) is 38.2. The Hall–Kier alpha value is -4.85. The molecule has 1 aromatic heterocycles. The van der Waals surface area contributed by atoms with Crippen molar-refractivity contribution in [2.45, 2.75) is 101 Å². The van der Waals surface area contributed by atoms with E-state index in [2.05, 4.69) is 81.3 Å². The molecule has 1 saturated carbocycles. The summed E-state index contributed by atoms with van der Waals surface area (Å²) in [5.74, 6) is -0.199. The van der Waals surface area contributed by atoms with Gasteiger partial charge in [0.05, 0.1) is 33.4 Å². The number of amides is 1. The summed E-state index contributed by atoms with van der Waals surface area (Å²) in [4.78, 5) is 53.0. The van der Waals surface area contributed by atoms with Gasteiger partial charge in [0.15, 0.2) is 0 Å². The third-order valence-corrected chi connectivity index (χ3v) is 15.7. The Labute approximate surface area is 371 Å². The predicted octanol–water partition coefficient (Wildman–Crippen LogP) is 6.01. The van der Waals surface area contributed by atoms with Gasteiger partial charge in [0.1, 0.15) is 22.9 Å². The van der Waals surface area contributed by atoms with Gasteiger partial charge in [-0.1, -0.05) is 69.7 Å². The van der Waals surface area contributed by atoms with E-state index in [1.807, 2.05) is 33.0 Å². The molecule has 2 aromatic carbocycles. The van der Waals surface area contributed by atoms with Crippen molar-refractivity contribution in [2.24, 2.45) is 17.3 Å². The molecule has 13 heteroatoms. The first-order valence-corrected chi connectivity index (χ1v) is 23.0. The van der Waals surface area contributed by atoms with Crippen LogP contribution in [0.25, 0.3) is 10.9 Å². The molecule has 2 unspecified atom stereocenters. The minimum atomic E-state index is -1.82. The van der Waals surface area contributed by atoms with Gasteiger partial charge in [-0.05, 0) is 73.7 Å². The molecule has 5 aliphatic heterocycles. The number of aromatic amines is 1. The first kappa shape index (κ1) is 43.4. The number of aromatic nitrogens is 1. The topological polar surface area (TPSA) is 146 Å². The summed E-state index contributed by atoms with van der Waals surface area (Å²) in [5, 5.41) is 17.8. The number of alkyl carbamates (subject to hydrolysis) is 1. The highest BCUT2D eigenvalue weighted by Crippen LogP contribution is 2.68. The Morgan fingerprint density at radius 1 is 1.06 bits per heavy atom. The van der Waals surface area contributed by atoms with Crippen molar-refractivity contribution in [3.05, 3.63) is 82.6 Å². The average molecular weight is 864 g/mol. The number of hydrogen-bond acceptors (Lipinski definition) is 11. The smallest absolute Gasteiger partial charge is 0.407 e. The molecule has 6 aliphatic rings. The number of carbonyl (C=O) groups excluding carboxylic acids is 3. The van der Waals surface area contributed by atoms with Gasteiger partial charge >= 0.3 is 18.0 Å². The third-order valence-electron chi connectivity index (χ3n) is 15.7. The molecule has 1 saturated heterocycles. The molecule has 9 rings (SSSR count). The first-order valence-electron chi connectivity index (χ1n) is 23.0. The number of H-pyrrole nitrogens is 1. The number of nitrogens with one attached hydrogen (secondary N) is 2. The number of aliphatic hydroxyl groups is 1. The summed E-state index contributed by atoms with van der Waals surface area (Å²) in [6, 6.07) is 11.6. The molecule has 338 valence electrons. The maximum atomic E-state index is 15.4. The lowest BCUT2D eigenvalue weighted by Crippen LogP contribution is -2.81. The normalized spacial score (nSPS) is 33.0. The number of fused-ring (bicyclic) bond motifs is 6. The second-order valence-corrected chi connectivity index (χ2v) is 19.5. The Kier molecular flexibility index (Phi) is 11.0. The first-order chi connectivity index (χ1) is 30.2. The van der Waals surface area contributed by atoms with Crippen LogP contribution in [0.4, 0.5) is 10.5 Å². The van der Waals surface area contributed by atoms with E-state index in [4.69, 9.17) is 18.9 Å². The van der Waals surface area contributed by atoms with E-state index in [1.54, 1.807) is 7.11 Å². The number of anilines is 1. The third kappa shape index (κ3) is 6.37. The number of carbonyl (C=O) groups is 3. The van der Waals surface area contributed by atoms with Crippen molar-refractivity contribution in [3.8, 4) is 5.75 Å². The number of nitrogens with zero attached hydrogens (tertiary/aromatic N) is 3. The molecular weight excluding hydrogens is 799 g/mol. The summed E-state index contributed by atoms with van der Waals surface area (Å²) in [6.45, 7) is 13.6. The number of ether oxygens (including phenoxy) is 4. The van der Waals surface area contributed by atoms with Gasteiger partial charge < -0.3 is 39.3 Å². The Morgan fingerprint density at radius 2 is 1.86 bits per heavy atom. The molecule has 2 fully saturated rings. The van der Waals surface area contributed by atoms with E-state index in [-0.39, 0.29) is 37.0 Å². The fourth-order valence-corrected chi connectivity index (χ4v) is 13.5. The number of rotatable bonds is 10. The highest BCUT2D eigenvalue weighted by Gasteiger charge is 2.78. The zero-order chi connectivity index (χ0) is 44.6. The van der Waals surface area contributed by atoms with Crippen LogP contribution in [-0.4, -0.2) is 129 Å². The molecule has 1 spiro atoms. The minimum Gasteiger partial charge on any atom is -0.496 e. The van der Waals surface area contributed by atoms with E-state index in [9.17, 15) is 14.7 Å². The van der Waals surface area contributed by atoms with Crippen LogP contribution < -0.4 is 15.0 Å². The quantitative estimate of drug-likeness (QED) is 0.125. The van der Waals surface area contributed by atoms with Gasteiger partial charge in [0.2, 0.25) is 0 Å². The highest BCUT2D eigenvalue weighted by atomic mass is 16.6. The van der Waals surface area contributed by atoms with Crippen molar-refractivity contribution < 1.29 is 38.4 Å². The van der Waals surface area contributed by atoms with Gasteiger partial charge in [-0.15, -0.1) is 0 Å². The fourth-order valence-electron chi connectivity index (χ4n) is 13.5. The zero-order valence-electron chi connectivity index (χ0n) is 38.2. The van der Waals surface area contributed by atoms with Gasteiger partial charge in [0.25, 0.3) is 0 Å². The number of benzene rings is 2. The Morgan fingerprint density at radius 3 is 2.57 bits per heavy atom. The largest absolute Gasteiger partial charge is 0.496 e. The van der Waals surface area contributed by atoms with Crippen molar-refractivity contribution in [1.82, 2.24) is 20.1 Å². The van der Waals surface area contributed by atoms with Crippen LogP contribution in [0.2, 0.25) is 0 Å². The maximum Gasteiger partial charge on any atom is 0.407 e. The van der Waals surface area contributed by atoms with Crippen LogP contribution >= 0.6 is 0 Å². The van der Waals surface area contributed by atoms with E-state index in [0.717, 1.165) is 72.4 Å².